The molecule has 0 radical (unpaired) electrons. The largest absolute Gasteiger partial charge is 0.337 e. The van der Waals surface area contributed by atoms with Crippen molar-refractivity contribution in [2.24, 2.45) is 5.92 Å². The maximum Gasteiger partial charge on any atom is 0.234 e. The molecular weight excluding hydrogens is 368 g/mol. The fourth-order valence-electron chi connectivity index (χ4n) is 3.31. The number of carbonyl (C=O) groups is 1. The number of imidazole rings is 1. The zero-order chi connectivity index (χ0) is 20.3. The predicted octanol–water partition coefficient (Wildman–Crippen LogP) is 4.29. The smallest absolute Gasteiger partial charge is 0.234 e. The third-order valence-electron chi connectivity index (χ3n) is 5.54. The number of rotatable bonds is 6. The Bertz CT molecular complexity index is 884. The minimum Gasteiger partial charge on any atom is -0.337 e. The number of benzene rings is 1. The number of carbonyl (C=O) groups excluding carboxylic acids is 1. The molecule has 0 saturated heterocycles. The van der Waals surface area contributed by atoms with Gasteiger partial charge in [0.15, 0.2) is 5.16 Å². The summed E-state index contributed by atoms with van der Waals surface area (Å²) in [5, 5.41) is 12.9. The predicted molar refractivity (Wildman–Crippen MR) is 113 cm³/mol. The first kappa shape index (κ1) is 20.5. The zero-order valence-corrected chi connectivity index (χ0v) is 17.8. The van der Waals surface area contributed by atoms with E-state index >= 15 is 0 Å². The molecule has 1 N–H and O–H groups in total. The highest BCUT2D eigenvalue weighted by atomic mass is 32.2. The molecule has 1 aliphatic rings. The molecule has 1 aromatic carbocycles. The molecule has 0 bridgehead atoms. The van der Waals surface area contributed by atoms with Crippen molar-refractivity contribution in [3.05, 3.63) is 41.7 Å². The summed E-state index contributed by atoms with van der Waals surface area (Å²) in [6.07, 6.45) is 4.33. The molecule has 1 amide bonds. The van der Waals surface area contributed by atoms with Crippen LogP contribution in [0.4, 0.5) is 0 Å². The number of aromatic nitrogens is 2. The third kappa shape index (κ3) is 4.10. The third-order valence-corrected chi connectivity index (χ3v) is 6.59. The van der Waals surface area contributed by atoms with E-state index in [1.165, 1.54) is 23.9 Å². The highest BCUT2D eigenvalue weighted by molar-refractivity contribution is 8.00. The van der Waals surface area contributed by atoms with E-state index in [1.54, 1.807) is 6.92 Å². The molecule has 1 aliphatic carbocycles. The highest BCUT2D eigenvalue weighted by Crippen LogP contribution is 2.32. The number of hydrogen-bond donors (Lipinski definition) is 1. The van der Waals surface area contributed by atoms with Crippen molar-refractivity contribution in [3.63, 3.8) is 0 Å². The number of fused-ring (bicyclic) bond motifs is 1. The molecule has 1 heterocycles. The molecule has 5 nitrogen and oxygen atoms in total. The topological polar surface area (TPSA) is 70.7 Å². The fourth-order valence-corrected chi connectivity index (χ4v) is 4.27. The summed E-state index contributed by atoms with van der Waals surface area (Å²) in [6.45, 7) is 7.53. The number of nitriles is 1. The van der Waals surface area contributed by atoms with Crippen LogP contribution in [0, 0.1) is 17.2 Å². The molecule has 2 aromatic rings. The van der Waals surface area contributed by atoms with Crippen LogP contribution in [0.1, 0.15) is 51.9 Å². The van der Waals surface area contributed by atoms with Crippen LogP contribution in [0.2, 0.25) is 0 Å². The molecular formula is C22H28N4OS. The molecule has 0 saturated carbocycles. The van der Waals surface area contributed by atoms with Gasteiger partial charge < -0.3 is 5.32 Å². The molecule has 1 aromatic heterocycles. The first-order chi connectivity index (χ1) is 13.4. The standard InChI is InChI=1S/C22H28N4OS/c1-15(2)22(4,14-23)25-20(27)16(3)28-21-24-18-12-8-9-13-19(18)26(21)17-10-6-5-7-11-17/h5-7,10-11,15-16H,8-9,12-13H2,1-4H3,(H,25,27). The lowest BCUT2D eigenvalue weighted by Crippen LogP contribution is -2.51. The van der Waals surface area contributed by atoms with Crippen LogP contribution < -0.4 is 5.32 Å². The van der Waals surface area contributed by atoms with Gasteiger partial charge in [-0.25, -0.2) is 4.98 Å². The molecule has 0 aliphatic heterocycles. The number of nitrogens with one attached hydrogen (secondary N) is 1. The van der Waals surface area contributed by atoms with Crippen molar-refractivity contribution >= 4 is 17.7 Å². The van der Waals surface area contributed by atoms with E-state index in [4.69, 9.17) is 4.98 Å². The molecule has 3 rings (SSSR count). The van der Waals surface area contributed by atoms with Crippen molar-refractivity contribution in [3.8, 4) is 11.8 Å². The minimum atomic E-state index is -0.875. The van der Waals surface area contributed by atoms with E-state index < -0.39 is 5.54 Å². The number of aryl methyl sites for hydroxylation is 1. The normalized spacial score (nSPS) is 16.7. The van der Waals surface area contributed by atoms with E-state index in [9.17, 15) is 10.1 Å². The van der Waals surface area contributed by atoms with Gasteiger partial charge in [-0.3, -0.25) is 9.36 Å². The lowest BCUT2D eigenvalue weighted by Gasteiger charge is -2.28. The molecule has 0 spiro atoms. The van der Waals surface area contributed by atoms with Gasteiger partial charge in [0.1, 0.15) is 5.54 Å². The number of amides is 1. The molecule has 2 atom stereocenters. The first-order valence-electron chi connectivity index (χ1n) is 9.91. The summed E-state index contributed by atoms with van der Waals surface area (Å²) in [4.78, 5) is 17.7. The first-order valence-corrected chi connectivity index (χ1v) is 10.8. The number of para-hydroxylation sites is 1. The molecule has 148 valence electrons. The minimum absolute atomic E-state index is 0.0252. The summed E-state index contributed by atoms with van der Waals surface area (Å²) in [7, 11) is 0. The average Bonchev–Trinajstić information content (AvgIpc) is 3.06. The van der Waals surface area contributed by atoms with E-state index in [0.29, 0.717) is 0 Å². The number of thioether (sulfide) groups is 1. The van der Waals surface area contributed by atoms with Crippen molar-refractivity contribution in [2.75, 3.05) is 0 Å². The van der Waals surface area contributed by atoms with Gasteiger partial charge in [-0.15, -0.1) is 0 Å². The lowest BCUT2D eigenvalue weighted by atomic mass is 9.90. The summed E-state index contributed by atoms with van der Waals surface area (Å²) < 4.78 is 2.20. The van der Waals surface area contributed by atoms with Gasteiger partial charge in [0.05, 0.1) is 17.0 Å². The van der Waals surface area contributed by atoms with Gasteiger partial charge in [-0.1, -0.05) is 43.8 Å². The Labute approximate surface area is 171 Å². The van der Waals surface area contributed by atoms with Gasteiger partial charge in [-0.05, 0) is 57.6 Å². The van der Waals surface area contributed by atoms with E-state index in [0.717, 1.165) is 35.8 Å². The van der Waals surface area contributed by atoms with Crippen LogP contribution >= 0.6 is 11.8 Å². The second-order valence-electron chi connectivity index (χ2n) is 7.88. The van der Waals surface area contributed by atoms with Crippen LogP contribution in [0.5, 0.6) is 0 Å². The van der Waals surface area contributed by atoms with Gasteiger partial charge in [0.25, 0.3) is 0 Å². The van der Waals surface area contributed by atoms with Crippen LogP contribution in [0.3, 0.4) is 0 Å². The van der Waals surface area contributed by atoms with Gasteiger partial charge in [0.2, 0.25) is 5.91 Å². The fraction of sp³-hybridized carbons (Fsp3) is 0.500. The van der Waals surface area contributed by atoms with Crippen molar-refractivity contribution in [2.45, 2.75) is 69.3 Å². The van der Waals surface area contributed by atoms with Crippen molar-refractivity contribution in [1.82, 2.24) is 14.9 Å². The quantitative estimate of drug-likeness (QED) is 0.740. The van der Waals surface area contributed by atoms with E-state index in [2.05, 4.69) is 28.1 Å². The van der Waals surface area contributed by atoms with Crippen molar-refractivity contribution < 1.29 is 4.79 Å². The van der Waals surface area contributed by atoms with Crippen LogP contribution in [0.15, 0.2) is 35.5 Å². The van der Waals surface area contributed by atoms with Gasteiger partial charge in [-0.2, -0.15) is 5.26 Å². The molecule has 0 fully saturated rings. The maximum absolute atomic E-state index is 12.8. The van der Waals surface area contributed by atoms with E-state index in [1.807, 2.05) is 39.0 Å². The van der Waals surface area contributed by atoms with Crippen LogP contribution in [0.25, 0.3) is 5.69 Å². The average molecular weight is 397 g/mol. The number of nitrogens with zero attached hydrogens (tertiary/aromatic N) is 3. The summed E-state index contributed by atoms with van der Waals surface area (Å²) in [5.74, 6) is -0.111. The van der Waals surface area contributed by atoms with Crippen LogP contribution in [-0.4, -0.2) is 26.2 Å². The summed E-state index contributed by atoms with van der Waals surface area (Å²) in [5.41, 5.74) is 2.61. The Morgan fingerprint density at radius 2 is 1.93 bits per heavy atom. The SMILES string of the molecule is CC(Sc1nc2c(n1-c1ccccc1)CCCC2)C(=O)NC(C)(C#N)C(C)C. The molecule has 28 heavy (non-hydrogen) atoms. The monoisotopic (exact) mass is 396 g/mol. The Hall–Kier alpha value is -2.26. The highest BCUT2D eigenvalue weighted by Gasteiger charge is 2.32. The van der Waals surface area contributed by atoms with Crippen molar-refractivity contribution in [1.29, 1.82) is 5.26 Å². The second kappa shape index (κ2) is 8.40. The summed E-state index contributed by atoms with van der Waals surface area (Å²) in [6, 6.07) is 12.5. The summed E-state index contributed by atoms with van der Waals surface area (Å²) >= 11 is 1.46. The molecule has 6 heteroatoms. The van der Waals surface area contributed by atoms with Gasteiger partial charge >= 0.3 is 0 Å². The Kier molecular flexibility index (Phi) is 6.14. The van der Waals surface area contributed by atoms with E-state index in [-0.39, 0.29) is 17.1 Å². The second-order valence-corrected chi connectivity index (χ2v) is 9.19. The zero-order valence-electron chi connectivity index (χ0n) is 17.0. The Balaban J connectivity index is 1.87. The molecule has 2 unspecified atom stereocenters. The maximum atomic E-state index is 12.8. The Morgan fingerprint density at radius 1 is 1.25 bits per heavy atom. The Morgan fingerprint density at radius 3 is 2.57 bits per heavy atom. The number of hydrogen-bond acceptors (Lipinski definition) is 4. The van der Waals surface area contributed by atoms with Crippen LogP contribution in [-0.2, 0) is 17.6 Å². The lowest BCUT2D eigenvalue weighted by molar-refractivity contribution is -0.121. The van der Waals surface area contributed by atoms with Gasteiger partial charge in [0, 0.05) is 11.4 Å².